The fourth-order valence-corrected chi connectivity index (χ4v) is 1.87. The number of aromatic nitrogens is 2. The largest absolute Gasteiger partial charge is 0.313 e. The van der Waals surface area contributed by atoms with Gasteiger partial charge in [0.25, 0.3) is 0 Å². The summed E-state index contributed by atoms with van der Waals surface area (Å²) in [5.41, 5.74) is 1.24. The molecule has 0 aromatic carbocycles. The number of hydrogen-bond acceptors (Lipinski definition) is 3. The van der Waals surface area contributed by atoms with E-state index in [2.05, 4.69) is 5.10 Å². The van der Waals surface area contributed by atoms with Gasteiger partial charge in [0.1, 0.15) is 11.4 Å². The van der Waals surface area contributed by atoms with Crippen molar-refractivity contribution in [3.63, 3.8) is 0 Å². The summed E-state index contributed by atoms with van der Waals surface area (Å²) in [6.45, 7) is 5.56. The topological polar surface area (TPSA) is 61.0 Å². The average Bonchev–Trinajstić information content (AvgIpc) is 2.53. The lowest BCUT2D eigenvalue weighted by Gasteiger charge is -2.13. The van der Waals surface area contributed by atoms with Crippen LogP contribution in [0.3, 0.4) is 0 Å². The Balaban J connectivity index is 3.36. The van der Waals surface area contributed by atoms with Crippen LogP contribution in [0.5, 0.6) is 0 Å². The molecule has 5 nitrogen and oxygen atoms in total. The lowest BCUT2D eigenvalue weighted by Crippen LogP contribution is -2.12. The molecule has 0 aliphatic rings. The van der Waals surface area contributed by atoms with Crippen molar-refractivity contribution in [1.82, 2.24) is 9.78 Å². The Morgan fingerprint density at radius 2 is 2.12 bits per heavy atom. The Labute approximate surface area is 99.5 Å². The molecule has 0 aliphatic carbocycles. The minimum absolute atomic E-state index is 0.0973. The molecule has 16 heavy (non-hydrogen) atoms. The van der Waals surface area contributed by atoms with Crippen molar-refractivity contribution in [1.29, 1.82) is 0 Å². The van der Waals surface area contributed by atoms with E-state index in [1.165, 1.54) is 0 Å². The van der Waals surface area contributed by atoms with E-state index >= 15 is 0 Å². The monoisotopic (exact) mass is 245 g/mol. The molecule has 1 aromatic heterocycles. The second-order valence-electron chi connectivity index (χ2n) is 3.88. The number of halogens is 1. The first-order valence-electron chi connectivity index (χ1n) is 5.24. The molecule has 0 amide bonds. The van der Waals surface area contributed by atoms with Crippen LogP contribution in [0.1, 0.15) is 38.1 Å². The fraction of sp³-hybridized carbons (Fsp3) is 0.700. The third-order valence-corrected chi connectivity index (χ3v) is 3.15. The molecule has 0 aliphatic heterocycles. The van der Waals surface area contributed by atoms with Crippen molar-refractivity contribution in [3.8, 4) is 0 Å². The Bertz CT molecular complexity index is 401. The minimum Gasteiger partial charge on any atom is -0.265 e. The summed E-state index contributed by atoms with van der Waals surface area (Å²) < 4.78 is 1.57. The van der Waals surface area contributed by atoms with Crippen molar-refractivity contribution < 1.29 is 4.92 Å². The standard InChI is InChI=1S/C10H16ClN3O2/c1-5-8-10(14(15)16)9(13(4)12-8)6(2)7(3)11/h6-7H,5H2,1-4H3. The number of hydrogen-bond donors (Lipinski definition) is 0. The van der Waals surface area contributed by atoms with E-state index < -0.39 is 0 Å². The number of nitrogens with zero attached hydrogens (tertiary/aromatic N) is 3. The average molecular weight is 246 g/mol. The first-order valence-corrected chi connectivity index (χ1v) is 5.68. The zero-order valence-corrected chi connectivity index (χ0v) is 10.7. The fourth-order valence-electron chi connectivity index (χ4n) is 1.75. The summed E-state index contributed by atoms with van der Waals surface area (Å²) in [7, 11) is 1.72. The molecule has 0 N–H and O–H groups in total. The van der Waals surface area contributed by atoms with Gasteiger partial charge in [-0.05, 0) is 13.3 Å². The Morgan fingerprint density at radius 3 is 2.50 bits per heavy atom. The highest BCUT2D eigenvalue weighted by Crippen LogP contribution is 2.33. The molecule has 1 rings (SSSR count). The van der Waals surface area contributed by atoms with E-state index in [-0.39, 0.29) is 21.9 Å². The Morgan fingerprint density at radius 1 is 1.56 bits per heavy atom. The zero-order chi connectivity index (χ0) is 12.5. The van der Waals surface area contributed by atoms with Gasteiger partial charge in [0.15, 0.2) is 0 Å². The third kappa shape index (κ3) is 2.19. The minimum atomic E-state index is -0.364. The van der Waals surface area contributed by atoms with Crippen molar-refractivity contribution >= 4 is 17.3 Å². The summed E-state index contributed by atoms with van der Waals surface area (Å²) in [5, 5.41) is 15.1. The van der Waals surface area contributed by atoms with Gasteiger partial charge >= 0.3 is 5.69 Å². The maximum absolute atomic E-state index is 11.1. The first-order chi connectivity index (χ1) is 7.40. The van der Waals surface area contributed by atoms with Crippen LogP contribution in [0, 0.1) is 10.1 Å². The van der Waals surface area contributed by atoms with Gasteiger partial charge in [0.05, 0.1) is 4.92 Å². The molecular formula is C10H16ClN3O2. The highest BCUT2D eigenvalue weighted by atomic mass is 35.5. The maximum atomic E-state index is 11.1. The summed E-state index contributed by atoms with van der Waals surface area (Å²) in [6.07, 6.45) is 0.549. The van der Waals surface area contributed by atoms with Crippen LogP contribution in [0.25, 0.3) is 0 Å². The molecule has 0 spiro atoms. The molecule has 0 bridgehead atoms. The zero-order valence-electron chi connectivity index (χ0n) is 9.90. The Kier molecular flexibility index (Phi) is 3.91. The smallest absolute Gasteiger partial charge is 0.265 e. The molecule has 0 fully saturated rings. The van der Waals surface area contributed by atoms with Gasteiger partial charge in [-0.3, -0.25) is 14.8 Å². The lowest BCUT2D eigenvalue weighted by atomic mass is 10.0. The highest BCUT2D eigenvalue weighted by Gasteiger charge is 2.30. The van der Waals surface area contributed by atoms with Crippen LogP contribution in [0.15, 0.2) is 0 Å². The van der Waals surface area contributed by atoms with Crippen LogP contribution >= 0.6 is 11.6 Å². The highest BCUT2D eigenvalue weighted by molar-refractivity contribution is 6.20. The molecule has 90 valence electrons. The number of aryl methyl sites for hydroxylation is 2. The molecule has 2 atom stereocenters. The van der Waals surface area contributed by atoms with Gasteiger partial charge in [-0.15, -0.1) is 11.6 Å². The first kappa shape index (κ1) is 13.0. The third-order valence-electron chi connectivity index (χ3n) is 2.77. The predicted molar refractivity (Wildman–Crippen MR) is 63.0 cm³/mol. The molecule has 1 heterocycles. The molecule has 0 radical (unpaired) electrons. The van der Waals surface area contributed by atoms with Crippen LogP contribution in [0.4, 0.5) is 5.69 Å². The summed E-state index contributed by atoms with van der Waals surface area (Å²) in [6, 6.07) is 0. The Hall–Kier alpha value is -1.10. The molecule has 2 unspecified atom stereocenters. The van der Waals surface area contributed by atoms with Crippen LogP contribution < -0.4 is 0 Å². The van der Waals surface area contributed by atoms with E-state index in [9.17, 15) is 10.1 Å². The van der Waals surface area contributed by atoms with Gasteiger partial charge < -0.3 is 0 Å². The van der Waals surface area contributed by atoms with Crippen molar-refractivity contribution in [2.75, 3.05) is 0 Å². The van der Waals surface area contributed by atoms with Gasteiger partial charge in [-0.25, -0.2) is 0 Å². The van der Waals surface area contributed by atoms with Crippen molar-refractivity contribution in [2.45, 2.75) is 38.5 Å². The molecule has 0 saturated carbocycles. The molecule has 6 heteroatoms. The number of alkyl halides is 1. The second kappa shape index (κ2) is 4.82. The molecular weight excluding hydrogens is 230 g/mol. The predicted octanol–water partition coefficient (Wildman–Crippen LogP) is 2.62. The maximum Gasteiger partial charge on any atom is 0.313 e. The normalized spacial score (nSPS) is 14.8. The SMILES string of the molecule is CCc1nn(C)c(C(C)C(C)Cl)c1[N+](=O)[O-]. The van der Waals surface area contributed by atoms with Gasteiger partial charge in [-0.2, -0.15) is 5.10 Å². The van der Waals surface area contributed by atoms with Crippen molar-refractivity contribution in [2.24, 2.45) is 7.05 Å². The van der Waals surface area contributed by atoms with E-state index in [4.69, 9.17) is 11.6 Å². The van der Waals surface area contributed by atoms with Crippen molar-refractivity contribution in [3.05, 3.63) is 21.5 Å². The lowest BCUT2D eigenvalue weighted by molar-refractivity contribution is -0.386. The van der Waals surface area contributed by atoms with E-state index in [0.717, 1.165) is 0 Å². The van der Waals surface area contributed by atoms with Gasteiger partial charge in [0.2, 0.25) is 0 Å². The molecule has 1 aromatic rings. The quantitative estimate of drug-likeness (QED) is 0.465. The van der Waals surface area contributed by atoms with Gasteiger partial charge in [0, 0.05) is 18.3 Å². The summed E-state index contributed by atoms with van der Waals surface area (Å²) in [4.78, 5) is 10.7. The summed E-state index contributed by atoms with van der Waals surface area (Å²) in [5.74, 6) is -0.0973. The number of nitro groups is 1. The number of rotatable bonds is 4. The van der Waals surface area contributed by atoms with Crippen LogP contribution in [-0.2, 0) is 13.5 Å². The summed E-state index contributed by atoms with van der Waals surface area (Å²) >= 11 is 6.00. The van der Waals surface area contributed by atoms with E-state index in [1.807, 2.05) is 20.8 Å². The van der Waals surface area contributed by atoms with E-state index in [1.54, 1.807) is 11.7 Å². The van der Waals surface area contributed by atoms with Crippen LogP contribution in [-0.4, -0.2) is 20.1 Å². The van der Waals surface area contributed by atoms with Gasteiger partial charge in [-0.1, -0.05) is 13.8 Å². The van der Waals surface area contributed by atoms with E-state index in [0.29, 0.717) is 17.8 Å². The van der Waals surface area contributed by atoms with Crippen LogP contribution in [0.2, 0.25) is 0 Å². The molecule has 0 saturated heterocycles. The second-order valence-corrected chi connectivity index (χ2v) is 4.57.